The molecule has 1 unspecified atom stereocenters. The molecule has 102 valence electrons. The minimum absolute atomic E-state index is 0.419. The number of hydrogen-bond acceptors (Lipinski definition) is 6. The van der Waals surface area contributed by atoms with Gasteiger partial charge in [0.1, 0.15) is 0 Å². The SMILES string of the molecule is C=CC(OC(C)=O)(C(=O)OC(C)=O)N(CC)CC. The molecule has 1 atom stereocenters. The summed E-state index contributed by atoms with van der Waals surface area (Å²) in [5, 5.41) is 0. The molecule has 0 saturated carbocycles. The molecule has 0 bridgehead atoms. The number of likely N-dealkylation sites (N-methyl/N-ethyl adjacent to an activating group) is 1. The summed E-state index contributed by atoms with van der Waals surface area (Å²) in [6.07, 6.45) is 1.16. The maximum absolute atomic E-state index is 12.0. The number of esters is 3. The average Bonchev–Trinajstić information content (AvgIpc) is 2.27. The second-order valence-corrected chi connectivity index (χ2v) is 3.55. The molecule has 0 spiro atoms. The smallest absolute Gasteiger partial charge is 0.378 e. The molecular weight excluding hydrogens is 238 g/mol. The van der Waals surface area contributed by atoms with Gasteiger partial charge in [-0.15, -0.1) is 0 Å². The summed E-state index contributed by atoms with van der Waals surface area (Å²) in [5.74, 6) is -2.41. The molecular formula is C12H19NO5. The predicted molar refractivity (Wildman–Crippen MR) is 64.4 cm³/mol. The van der Waals surface area contributed by atoms with E-state index in [1.54, 1.807) is 13.8 Å². The van der Waals surface area contributed by atoms with Crippen molar-refractivity contribution >= 4 is 17.9 Å². The number of ether oxygens (including phenoxy) is 2. The number of nitrogens with zero attached hydrogens (tertiary/aromatic N) is 1. The van der Waals surface area contributed by atoms with Crippen molar-refractivity contribution in [3.63, 3.8) is 0 Å². The molecule has 0 amide bonds. The van der Waals surface area contributed by atoms with Crippen molar-refractivity contribution in [2.75, 3.05) is 13.1 Å². The fraction of sp³-hybridized carbons (Fsp3) is 0.583. The molecule has 0 saturated heterocycles. The zero-order chi connectivity index (χ0) is 14.3. The minimum atomic E-state index is -1.76. The Morgan fingerprint density at radius 3 is 1.94 bits per heavy atom. The summed E-state index contributed by atoms with van der Waals surface area (Å²) in [6.45, 7) is 10.2. The third-order valence-corrected chi connectivity index (χ3v) is 2.34. The first-order valence-corrected chi connectivity index (χ1v) is 5.65. The predicted octanol–water partition coefficient (Wildman–Crippen LogP) is 0.863. The lowest BCUT2D eigenvalue weighted by Gasteiger charge is -2.36. The zero-order valence-electron chi connectivity index (χ0n) is 11.2. The summed E-state index contributed by atoms with van der Waals surface area (Å²) in [4.78, 5) is 35.5. The average molecular weight is 257 g/mol. The van der Waals surface area contributed by atoms with E-state index in [2.05, 4.69) is 11.3 Å². The van der Waals surface area contributed by atoms with Crippen molar-refractivity contribution in [3.05, 3.63) is 12.7 Å². The number of rotatable bonds is 6. The van der Waals surface area contributed by atoms with E-state index in [1.165, 1.54) is 11.8 Å². The lowest BCUT2D eigenvalue weighted by Crippen LogP contribution is -2.57. The Balaban J connectivity index is 5.46. The summed E-state index contributed by atoms with van der Waals surface area (Å²) >= 11 is 0. The van der Waals surface area contributed by atoms with Gasteiger partial charge in [-0.1, -0.05) is 20.4 Å². The van der Waals surface area contributed by atoms with Crippen molar-refractivity contribution in [2.45, 2.75) is 33.4 Å². The highest BCUT2D eigenvalue weighted by Crippen LogP contribution is 2.21. The highest BCUT2D eigenvalue weighted by atomic mass is 16.6. The van der Waals surface area contributed by atoms with Crippen LogP contribution in [0, 0.1) is 0 Å². The van der Waals surface area contributed by atoms with Crippen LogP contribution >= 0.6 is 0 Å². The Morgan fingerprint density at radius 1 is 1.17 bits per heavy atom. The van der Waals surface area contributed by atoms with E-state index in [-0.39, 0.29) is 0 Å². The normalized spacial score (nSPS) is 13.6. The quantitative estimate of drug-likeness (QED) is 0.304. The Kier molecular flexibility index (Phi) is 6.26. The Hall–Kier alpha value is -1.69. The molecule has 0 heterocycles. The number of hydrogen-bond donors (Lipinski definition) is 0. The van der Waals surface area contributed by atoms with Crippen LogP contribution in [0.1, 0.15) is 27.7 Å². The molecule has 0 aliphatic heterocycles. The van der Waals surface area contributed by atoms with Crippen LogP contribution in [0.3, 0.4) is 0 Å². The van der Waals surface area contributed by atoms with Gasteiger partial charge in [-0.05, 0) is 19.2 Å². The first-order valence-electron chi connectivity index (χ1n) is 5.65. The van der Waals surface area contributed by atoms with Gasteiger partial charge < -0.3 is 9.47 Å². The monoisotopic (exact) mass is 257 g/mol. The maximum Gasteiger partial charge on any atom is 0.378 e. The minimum Gasteiger partial charge on any atom is -0.428 e. The van der Waals surface area contributed by atoms with E-state index >= 15 is 0 Å². The molecule has 0 fully saturated rings. The molecule has 18 heavy (non-hydrogen) atoms. The van der Waals surface area contributed by atoms with Crippen LogP contribution in [0.5, 0.6) is 0 Å². The third kappa shape index (κ3) is 3.66. The number of carbonyl (C=O) groups excluding carboxylic acids is 3. The molecule has 0 aromatic carbocycles. The maximum atomic E-state index is 12.0. The molecule has 0 radical (unpaired) electrons. The summed E-state index contributed by atoms with van der Waals surface area (Å²) in [5.41, 5.74) is -1.76. The van der Waals surface area contributed by atoms with Gasteiger partial charge in [-0.2, -0.15) is 0 Å². The Bertz CT molecular complexity index is 348. The van der Waals surface area contributed by atoms with Gasteiger partial charge in [-0.3, -0.25) is 14.5 Å². The van der Waals surface area contributed by atoms with Gasteiger partial charge >= 0.3 is 17.9 Å². The van der Waals surface area contributed by atoms with E-state index in [1.807, 2.05) is 0 Å². The van der Waals surface area contributed by atoms with Crippen molar-refractivity contribution in [2.24, 2.45) is 0 Å². The fourth-order valence-electron chi connectivity index (χ4n) is 1.61. The molecule has 0 rings (SSSR count). The molecule has 0 aliphatic carbocycles. The van der Waals surface area contributed by atoms with E-state index < -0.39 is 23.6 Å². The van der Waals surface area contributed by atoms with Gasteiger partial charge in [0.25, 0.3) is 5.72 Å². The number of carbonyl (C=O) groups is 3. The van der Waals surface area contributed by atoms with E-state index in [0.717, 1.165) is 13.0 Å². The molecule has 6 nitrogen and oxygen atoms in total. The lowest BCUT2D eigenvalue weighted by molar-refractivity contribution is -0.197. The molecule has 0 N–H and O–H groups in total. The Labute approximate surface area is 107 Å². The van der Waals surface area contributed by atoms with Crippen LogP contribution in [0.4, 0.5) is 0 Å². The van der Waals surface area contributed by atoms with Crippen LogP contribution < -0.4 is 0 Å². The first kappa shape index (κ1) is 16.3. The summed E-state index contributed by atoms with van der Waals surface area (Å²) < 4.78 is 9.56. The van der Waals surface area contributed by atoms with Crippen LogP contribution in [0.15, 0.2) is 12.7 Å². The van der Waals surface area contributed by atoms with Crippen molar-refractivity contribution in [1.82, 2.24) is 4.90 Å². The highest BCUT2D eigenvalue weighted by molar-refractivity contribution is 5.92. The van der Waals surface area contributed by atoms with E-state index in [4.69, 9.17) is 4.74 Å². The molecule has 0 aromatic heterocycles. The topological polar surface area (TPSA) is 72.9 Å². The molecule has 6 heteroatoms. The zero-order valence-corrected chi connectivity index (χ0v) is 11.2. The van der Waals surface area contributed by atoms with Gasteiger partial charge in [0, 0.05) is 13.8 Å². The van der Waals surface area contributed by atoms with Crippen molar-refractivity contribution in [1.29, 1.82) is 0 Å². The standard InChI is InChI=1S/C12H19NO5/c1-6-12(18-10(5)15,13(7-2)8-3)11(16)17-9(4)14/h6H,1,7-8H2,2-5H3. The Morgan fingerprint density at radius 2 is 1.67 bits per heavy atom. The van der Waals surface area contributed by atoms with Crippen molar-refractivity contribution in [3.8, 4) is 0 Å². The van der Waals surface area contributed by atoms with Gasteiger partial charge in [0.2, 0.25) is 0 Å². The largest absolute Gasteiger partial charge is 0.428 e. The highest BCUT2D eigenvalue weighted by Gasteiger charge is 2.46. The van der Waals surface area contributed by atoms with Crippen LogP contribution in [-0.2, 0) is 23.9 Å². The van der Waals surface area contributed by atoms with Crippen molar-refractivity contribution < 1.29 is 23.9 Å². The second-order valence-electron chi connectivity index (χ2n) is 3.55. The summed E-state index contributed by atoms with van der Waals surface area (Å²) in [7, 11) is 0. The van der Waals surface area contributed by atoms with Crippen LogP contribution in [0.25, 0.3) is 0 Å². The van der Waals surface area contributed by atoms with Crippen LogP contribution in [-0.4, -0.2) is 41.6 Å². The third-order valence-electron chi connectivity index (χ3n) is 2.34. The van der Waals surface area contributed by atoms with Gasteiger partial charge in [-0.25, -0.2) is 4.79 Å². The summed E-state index contributed by atoms with van der Waals surface area (Å²) in [6, 6.07) is 0. The molecule has 0 aromatic rings. The van der Waals surface area contributed by atoms with Crippen LogP contribution in [0.2, 0.25) is 0 Å². The second kappa shape index (κ2) is 6.90. The van der Waals surface area contributed by atoms with Gasteiger partial charge in [0.05, 0.1) is 0 Å². The van der Waals surface area contributed by atoms with E-state index in [0.29, 0.717) is 13.1 Å². The van der Waals surface area contributed by atoms with Gasteiger partial charge in [0.15, 0.2) is 0 Å². The fourth-order valence-corrected chi connectivity index (χ4v) is 1.61. The molecule has 0 aliphatic rings. The lowest BCUT2D eigenvalue weighted by atomic mass is 10.1. The first-order chi connectivity index (χ1) is 8.33. The van der Waals surface area contributed by atoms with E-state index in [9.17, 15) is 14.4 Å².